The Hall–Kier alpha value is -2.51. The van der Waals surface area contributed by atoms with E-state index in [4.69, 9.17) is 16.7 Å². The molecule has 3 N–H and O–H groups in total. The van der Waals surface area contributed by atoms with Crippen molar-refractivity contribution >= 4 is 23.5 Å². The van der Waals surface area contributed by atoms with Crippen molar-refractivity contribution in [2.24, 2.45) is 5.92 Å². The maximum absolute atomic E-state index is 14.1. The standard InChI is InChI=1S/C23H26ClFN2O3.C4H10O.C3H8/c1-12-4-7-16(8-5-12)27-23(30)22-13(2)21(15-6-9-18(24)19(25)10-15)17(11-20(28)29)14(3)26-22;1-4(2,3)5;1-3-2/h6,9-10,12,16H,4-5,7-8,11H2,1-3H3,(H,27,30)(H,28,29);5H,1-3H3;3H2,1-2H3. The number of amides is 1. The maximum Gasteiger partial charge on any atom is 0.307 e. The summed E-state index contributed by atoms with van der Waals surface area (Å²) in [5, 5.41) is 20.9. The topological polar surface area (TPSA) is 99.5 Å². The molecule has 1 aromatic heterocycles. The highest BCUT2D eigenvalue weighted by Gasteiger charge is 2.25. The van der Waals surface area contributed by atoms with Crippen LogP contribution in [0, 0.1) is 25.6 Å². The molecule has 1 amide bonds. The van der Waals surface area contributed by atoms with Crippen molar-refractivity contribution in [3.8, 4) is 11.1 Å². The first-order valence-electron chi connectivity index (χ1n) is 13.3. The van der Waals surface area contributed by atoms with Gasteiger partial charge >= 0.3 is 5.97 Å². The van der Waals surface area contributed by atoms with E-state index in [1.54, 1.807) is 40.7 Å². The van der Waals surface area contributed by atoms with Crippen molar-refractivity contribution in [3.05, 3.63) is 51.6 Å². The van der Waals surface area contributed by atoms with E-state index in [0.29, 0.717) is 33.9 Å². The number of nitrogens with zero attached hydrogens (tertiary/aromatic N) is 1. The Balaban J connectivity index is 0.000000794. The van der Waals surface area contributed by atoms with Gasteiger partial charge in [0.25, 0.3) is 5.91 Å². The van der Waals surface area contributed by atoms with Crippen LogP contribution in [0.2, 0.25) is 5.02 Å². The summed E-state index contributed by atoms with van der Waals surface area (Å²) >= 11 is 5.82. The molecule has 0 aliphatic heterocycles. The number of carbonyl (C=O) groups excluding carboxylic acids is 1. The first kappa shape index (κ1) is 33.5. The van der Waals surface area contributed by atoms with E-state index in [1.807, 2.05) is 0 Å². The molecule has 212 valence electrons. The lowest BCUT2D eigenvalue weighted by molar-refractivity contribution is -0.136. The first-order chi connectivity index (χ1) is 17.6. The molecule has 0 bridgehead atoms. The van der Waals surface area contributed by atoms with Crippen molar-refractivity contribution in [2.45, 2.75) is 106 Å². The molecule has 1 aliphatic carbocycles. The second kappa shape index (κ2) is 15.2. The Morgan fingerprint density at radius 1 is 1.13 bits per heavy atom. The predicted octanol–water partition coefficient (Wildman–Crippen LogP) is 7.29. The van der Waals surface area contributed by atoms with Crippen LogP contribution in [0.5, 0.6) is 0 Å². The van der Waals surface area contributed by atoms with Crippen LogP contribution in [0.15, 0.2) is 18.2 Å². The zero-order valence-corrected chi connectivity index (χ0v) is 24.8. The van der Waals surface area contributed by atoms with Gasteiger partial charge in [-0.3, -0.25) is 9.59 Å². The molecular formula is C30H44ClFN2O4. The smallest absolute Gasteiger partial charge is 0.307 e. The van der Waals surface area contributed by atoms with Gasteiger partial charge in [-0.05, 0) is 101 Å². The summed E-state index contributed by atoms with van der Waals surface area (Å²) in [7, 11) is 0. The Labute approximate surface area is 232 Å². The molecular weight excluding hydrogens is 507 g/mol. The van der Waals surface area contributed by atoms with Crippen LogP contribution in [0.4, 0.5) is 4.39 Å². The average molecular weight is 551 g/mol. The normalized spacial score (nSPS) is 16.9. The zero-order chi connectivity index (χ0) is 29.2. The average Bonchev–Trinajstić information content (AvgIpc) is 2.79. The molecule has 1 aromatic carbocycles. The second-order valence-electron chi connectivity index (χ2n) is 11.0. The number of hydrogen-bond donors (Lipinski definition) is 3. The number of rotatable bonds is 5. The van der Waals surface area contributed by atoms with Gasteiger partial charge < -0.3 is 15.5 Å². The number of hydrogen-bond acceptors (Lipinski definition) is 4. The molecule has 0 atom stereocenters. The number of pyridine rings is 1. The number of halogens is 2. The van der Waals surface area contributed by atoms with Gasteiger partial charge in [0.15, 0.2) is 0 Å². The van der Waals surface area contributed by atoms with E-state index in [2.05, 4.69) is 31.1 Å². The number of aryl methyl sites for hydroxylation is 1. The molecule has 1 aliphatic rings. The summed E-state index contributed by atoms with van der Waals surface area (Å²) in [6, 6.07) is 4.42. The van der Waals surface area contributed by atoms with Crippen molar-refractivity contribution in [3.63, 3.8) is 0 Å². The molecule has 0 spiro atoms. The fourth-order valence-electron chi connectivity index (χ4n) is 4.13. The predicted molar refractivity (Wildman–Crippen MR) is 152 cm³/mol. The first-order valence-corrected chi connectivity index (χ1v) is 13.7. The lowest BCUT2D eigenvalue weighted by Gasteiger charge is -2.27. The fraction of sp³-hybridized carbons (Fsp3) is 0.567. The number of carboxylic acids is 1. The number of carbonyl (C=O) groups is 2. The fourth-order valence-corrected chi connectivity index (χ4v) is 4.25. The minimum absolute atomic E-state index is 0.0218. The quantitative estimate of drug-likeness (QED) is 0.363. The molecule has 6 nitrogen and oxygen atoms in total. The highest BCUT2D eigenvalue weighted by atomic mass is 35.5. The minimum atomic E-state index is -1.02. The van der Waals surface area contributed by atoms with Gasteiger partial charge in [-0.1, -0.05) is 44.9 Å². The molecule has 0 radical (unpaired) electrons. The zero-order valence-electron chi connectivity index (χ0n) is 24.0. The Morgan fingerprint density at radius 2 is 1.66 bits per heavy atom. The van der Waals surface area contributed by atoms with Gasteiger partial charge in [-0.25, -0.2) is 9.37 Å². The van der Waals surface area contributed by atoms with Crippen LogP contribution in [0.3, 0.4) is 0 Å². The lowest BCUT2D eigenvalue weighted by atomic mass is 9.87. The molecule has 0 saturated heterocycles. The minimum Gasteiger partial charge on any atom is -0.481 e. The summed E-state index contributed by atoms with van der Waals surface area (Å²) in [4.78, 5) is 28.9. The summed E-state index contributed by atoms with van der Waals surface area (Å²) in [6.07, 6.45) is 4.97. The van der Waals surface area contributed by atoms with Crippen molar-refractivity contribution in [1.82, 2.24) is 10.3 Å². The van der Waals surface area contributed by atoms with Crippen molar-refractivity contribution in [2.75, 3.05) is 0 Å². The lowest BCUT2D eigenvalue weighted by Crippen LogP contribution is -2.38. The van der Waals surface area contributed by atoms with Gasteiger partial charge in [0.05, 0.1) is 17.0 Å². The molecule has 2 aromatic rings. The van der Waals surface area contributed by atoms with Crippen LogP contribution in [0.1, 0.15) is 101 Å². The molecule has 0 unspecified atom stereocenters. The largest absolute Gasteiger partial charge is 0.481 e. The van der Waals surface area contributed by atoms with Gasteiger partial charge in [-0.2, -0.15) is 0 Å². The summed E-state index contributed by atoms with van der Waals surface area (Å²) in [5.74, 6) is -1.25. The molecule has 1 heterocycles. The van der Waals surface area contributed by atoms with Gasteiger partial charge in [0, 0.05) is 11.7 Å². The van der Waals surface area contributed by atoms with E-state index in [-0.39, 0.29) is 29.1 Å². The monoisotopic (exact) mass is 550 g/mol. The summed E-state index contributed by atoms with van der Waals surface area (Å²) < 4.78 is 14.1. The molecule has 1 fully saturated rings. The third kappa shape index (κ3) is 11.1. The maximum atomic E-state index is 14.1. The van der Waals surface area contributed by atoms with Crippen LogP contribution in [-0.4, -0.2) is 38.7 Å². The number of nitrogens with one attached hydrogen (secondary N) is 1. The molecule has 1 saturated carbocycles. The number of aromatic nitrogens is 1. The third-order valence-corrected chi connectivity index (χ3v) is 6.16. The van der Waals surface area contributed by atoms with Gasteiger partial charge in [0.2, 0.25) is 0 Å². The van der Waals surface area contributed by atoms with Crippen LogP contribution < -0.4 is 5.32 Å². The van der Waals surface area contributed by atoms with Gasteiger partial charge in [-0.15, -0.1) is 0 Å². The molecule has 8 heteroatoms. The number of benzene rings is 1. The van der Waals surface area contributed by atoms with Crippen LogP contribution in [-0.2, 0) is 11.2 Å². The molecule has 3 rings (SSSR count). The van der Waals surface area contributed by atoms with Gasteiger partial charge in [0.1, 0.15) is 11.5 Å². The summed E-state index contributed by atoms with van der Waals surface area (Å²) in [6.45, 7) is 15.1. The number of aliphatic carboxylic acids is 1. The third-order valence-electron chi connectivity index (χ3n) is 5.85. The van der Waals surface area contributed by atoms with E-state index in [9.17, 15) is 19.1 Å². The van der Waals surface area contributed by atoms with Crippen molar-refractivity contribution < 1.29 is 24.2 Å². The van der Waals surface area contributed by atoms with Crippen LogP contribution >= 0.6 is 11.6 Å². The highest BCUT2D eigenvalue weighted by Crippen LogP contribution is 2.33. The Morgan fingerprint density at radius 3 is 2.13 bits per heavy atom. The summed E-state index contributed by atoms with van der Waals surface area (Å²) in [5.41, 5.74) is 2.16. The van der Waals surface area contributed by atoms with E-state index in [1.165, 1.54) is 18.6 Å². The SMILES string of the molecule is CC(C)(C)O.CCC.Cc1nc(C(=O)NC2CCC(C)CC2)c(C)c(-c2ccc(Cl)c(F)c2)c1CC(=O)O. The van der Waals surface area contributed by atoms with Crippen LogP contribution in [0.25, 0.3) is 11.1 Å². The van der Waals surface area contributed by atoms with Crippen molar-refractivity contribution in [1.29, 1.82) is 0 Å². The highest BCUT2D eigenvalue weighted by molar-refractivity contribution is 6.30. The number of aliphatic hydroxyl groups is 1. The number of carboxylic acid groups (broad SMARTS) is 1. The van der Waals surface area contributed by atoms with E-state index >= 15 is 0 Å². The molecule has 38 heavy (non-hydrogen) atoms. The van der Waals surface area contributed by atoms with E-state index in [0.717, 1.165) is 25.7 Å². The second-order valence-corrected chi connectivity index (χ2v) is 11.4. The Bertz CT molecular complexity index is 1080. The van der Waals surface area contributed by atoms with E-state index < -0.39 is 17.4 Å². The Kier molecular flexibility index (Phi) is 13.4.